The molecule has 0 spiro atoms. The molecule has 1 aliphatic rings. The molecule has 4 nitrogen and oxygen atoms in total. The van der Waals surface area contributed by atoms with Crippen molar-refractivity contribution in [2.45, 2.75) is 20.3 Å². The number of hydrogen-bond donors (Lipinski definition) is 2. The van der Waals surface area contributed by atoms with Crippen LogP contribution in [-0.4, -0.2) is 37.3 Å². The molecular formula is C15H24IN3O. The summed E-state index contributed by atoms with van der Waals surface area (Å²) in [5.74, 6) is 1.12. The number of aliphatic imine (C=N–C) groups is 1. The van der Waals surface area contributed by atoms with E-state index in [0.717, 1.165) is 25.5 Å². The van der Waals surface area contributed by atoms with Crippen molar-refractivity contribution in [2.75, 3.05) is 31.1 Å². The third-order valence-corrected chi connectivity index (χ3v) is 3.34. The second kappa shape index (κ2) is 8.46. The molecule has 2 rings (SSSR count). The zero-order valence-electron chi connectivity index (χ0n) is 12.2. The van der Waals surface area contributed by atoms with Gasteiger partial charge in [0.2, 0.25) is 0 Å². The lowest BCUT2D eigenvalue weighted by Gasteiger charge is -2.22. The van der Waals surface area contributed by atoms with Crippen molar-refractivity contribution in [3.8, 4) is 0 Å². The zero-order chi connectivity index (χ0) is 13.7. The largest absolute Gasteiger partial charge is 0.396 e. The van der Waals surface area contributed by atoms with Gasteiger partial charge >= 0.3 is 0 Å². The fourth-order valence-electron chi connectivity index (χ4n) is 2.25. The van der Waals surface area contributed by atoms with Gasteiger partial charge in [0.15, 0.2) is 5.96 Å². The number of anilines is 1. The normalized spacial score (nSPS) is 15.6. The Kier molecular flexibility index (Phi) is 7.29. The highest BCUT2D eigenvalue weighted by atomic mass is 127. The molecule has 0 aliphatic carbocycles. The van der Waals surface area contributed by atoms with E-state index in [2.05, 4.69) is 46.4 Å². The maximum Gasteiger partial charge on any atom is 0.198 e. The Bertz CT molecular complexity index is 450. The van der Waals surface area contributed by atoms with Gasteiger partial charge in [-0.05, 0) is 30.9 Å². The average Bonchev–Trinajstić information content (AvgIpc) is 2.87. The third kappa shape index (κ3) is 4.09. The van der Waals surface area contributed by atoms with Gasteiger partial charge < -0.3 is 15.3 Å². The Morgan fingerprint density at radius 2 is 2.20 bits per heavy atom. The molecule has 1 atom stereocenters. The van der Waals surface area contributed by atoms with E-state index in [4.69, 9.17) is 5.11 Å². The summed E-state index contributed by atoms with van der Waals surface area (Å²) in [6, 6.07) is 8.47. The van der Waals surface area contributed by atoms with Crippen LogP contribution in [0.25, 0.3) is 0 Å². The number of para-hydroxylation sites is 1. The van der Waals surface area contributed by atoms with E-state index in [-0.39, 0.29) is 36.5 Å². The number of rotatable bonds is 4. The van der Waals surface area contributed by atoms with Crippen LogP contribution in [0.4, 0.5) is 5.69 Å². The fourth-order valence-corrected chi connectivity index (χ4v) is 2.25. The molecule has 0 amide bonds. The minimum absolute atomic E-state index is 0. The number of aliphatic hydroxyl groups excluding tert-OH is 1. The predicted molar refractivity (Wildman–Crippen MR) is 95.1 cm³/mol. The summed E-state index contributed by atoms with van der Waals surface area (Å²) in [6.07, 6.45) is 1.07. The summed E-state index contributed by atoms with van der Waals surface area (Å²) < 4.78 is 0. The highest BCUT2D eigenvalue weighted by Crippen LogP contribution is 2.27. The maximum absolute atomic E-state index is 9.10. The van der Waals surface area contributed by atoms with Crippen LogP contribution in [0.2, 0.25) is 0 Å². The number of halogens is 1. The summed E-state index contributed by atoms with van der Waals surface area (Å²) in [5, 5.41) is 12.4. The number of guanidine groups is 1. The summed E-state index contributed by atoms with van der Waals surface area (Å²) in [7, 11) is 0. The van der Waals surface area contributed by atoms with Crippen molar-refractivity contribution < 1.29 is 5.11 Å². The van der Waals surface area contributed by atoms with Crippen molar-refractivity contribution in [1.82, 2.24) is 5.32 Å². The maximum atomic E-state index is 9.10. The van der Waals surface area contributed by atoms with Gasteiger partial charge in [0.1, 0.15) is 0 Å². The van der Waals surface area contributed by atoms with Crippen molar-refractivity contribution in [2.24, 2.45) is 10.9 Å². The molecule has 1 aromatic carbocycles. The van der Waals surface area contributed by atoms with E-state index in [1.165, 1.54) is 11.3 Å². The van der Waals surface area contributed by atoms with Crippen LogP contribution in [0.5, 0.6) is 0 Å². The Morgan fingerprint density at radius 3 is 2.90 bits per heavy atom. The SMILES string of the molecule is CCNC(=NCC(C)CO)N1CCc2ccccc21.I. The van der Waals surface area contributed by atoms with Crippen LogP contribution in [0, 0.1) is 5.92 Å². The van der Waals surface area contributed by atoms with Crippen molar-refractivity contribution >= 4 is 35.6 Å². The van der Waals surface area contributed by atoms with Gasteiger partial charge in [0, 0.05) is 31.9 Å². The number of fused-ring (bicyclic) bond motifs is 1. The molecular weight excluding hydrogens is 365 g/mol. The van der Waals surface area contributed by atoms with Crippen LogP contribution >= 0.6 is 24.0 Å². The molecule has 1 aromatic rings. The first-order chi connectivity index (χ1) is 9.26. The molecule has 2 N–H and O–H groups in total. The molecule has 20 heavy (non-hydrogen) atoms. The highest BCUT2D eigenvalue weighted by Gasteiger charge is 2.22. The summed E-state index contributed by atoms with van der Waals surface area (Å²) >= 11 is 0. The number of hydrogen-bond acceptors (Lipinski definition) is 2. The first-order valence-corrected chi connectivity index (χ1v) is 7.00. The molecule has 0 aromatic heterocycles. The minimum Gasteiger partial charge on any atom is -0.396 e. The lowest BCUT2D eigenvalue weighted by atomic mass is 10.2. The molecule has 0 fully saturated rings. The quantitative estimate of drug-likeness (QED) is 0.472. The topological polar surface area (TPSA) is 47.9 Å². The lowest BCUT2D eigenvalue weighted by molar-refractivity contribution is 0.241. The molecule has 112 valence electrons. The standard InChI is InChI=1S/C15H23N3O.HI/c1-3-16-15(17-10-12(2)11-19)18-9-8-13-6-4-5-7-14(13)18;/h4-7,12,19H,3,8-11H2,1-2H3,(H,16,17);1H. The summed E-state index contributed by atoms with van der Waals surface area (Å²) in [6.45, 7) is 6.73. The number of benzene rings is 1. The Morgan fingerprint density at radius 1 is 1.45 bits per heavy atom. The average molecular weight is 389 g/mol. The Labute approximate surface area is 138 Å². The van der Waals surface area contributed by atoms with Crippen LogP contribution in [-0.2, 0) is 6.42 Å². The molecule has 0 radical (unpaired) electrons. The van der Waals surface area contributed by atoms with Crippen LogP contribution in [0.15, 0.2) is 29.3 Å². The second-order valence-electron chi connectivity index (χ2n) is 5.01. The monoisotopic (exact) mass is 389 g/mol. The van der Waals surface area contributed by atoms with Gasteiger partial charge in [0.05, 0.1) is 0 Å². The van der Waals surface area contributed by atoms with E-state index in [1.54, 1.807) is 0 Å². The minimum atomic E-state index is 0. The van der Waals surface area contributed by atoms with Gasteiger partial charge in [-0.3, -0.25) is 4.99 Å². The van der Waals surface area contributed by atoms with Crippen molar-refractivity contribution in [1.29, 1.82) is 0 Å². The molecule has 1 heterocycles. The van der Waals surface area contributed by atoms with E-state index < -0.39 is 0 Å². The Balaban J connectivity index is 0.00000200. The lowest BCUT2D eigenvalue weighted by Crippen LogP contribution is -2.41. The fraction of sp³-hybridized carbons (Fsp3) is 0.533. The number of aliphatic hydroxyl groups is 1. The van der Waals surface area contributed by atoms with Crippen LogP contribution in [0.3, 0.4) is 0 Å². The highest BCUT2D eigenvalue weighted by molar-refractivity contribution is 14.0. The van der Waals surface area contributed by atoms with Gasteiger partial charge in [-0.1, -0.05) is 25.1 Å². The van der Waals surface area contributed by atoms with Gasteiger partial charge in [0.25, 0.3) is 0 Å². The molecule has 0 bridgehead atoms. The first-order valence-electron chi connectivity index (χ1n) is 7.00. The molecule has 5 heteroatoms. The molecule has 1 unspecified atom stereocenters. The second-order valence-corrected chi connectivity index (χ2v) is 5.01. The third-order valence-electron chi connectivity index (χ3n) is 3.34. The van der Waals surface area contributed by atoms with Crippen LogP contribution < -0.4 is 10.2 Å². The number of nitrogens with one attached hydrogen (secondary N) is 1. The first kappa shape index (κ1) is 17.2. The predicted octanol–water partition coefficient (Wildman–Crippen LogP) is 2.26. The summed E-state index contributed by atoms with van der Waals surface area (Å²) in [4.78, 5) is 6.88. The van der Waals surface area contributed by atoms with E-state index in [0.29, 0.717) is 6.54 Å². The van der Waals surface area contributed by atoms with Gasteiger partial charge in [-0.15, -0.1) is 24.0 Å². The van der Waals surface area contributed by atoms with Crippen molar-refractivity contribution in [3.05, 3.63) is 29.8 Å². The smallest absolute Gasteiger partial charge is 0.198 e. The van der Waals surface area contributed by atoms with E-state index >= 15 is 0 Å². The van der Waals surface area contributed by atoms with Crippen molar-refractivity contribution in [3.63, 3.8) is 0 Å². The molecule has 0 saturated heterocycles. The number of nitrogens with zero attached hydrogens (tertiary/aromatic N) is 2. The summed E-state index contributed by atoms with van der Waals surface area (Å²) in [5.41, 5.74) is 2.63. The zero-order valence-corrected chi connectivity index (χ0v) is 14.5. The van der Waals surface area contributed by atoms with Gasteiger partial charge in [-0.25, -0.2) is 0 Å². The van der Waals surface area contributed by atoms with E-state index in [9.17, 15) is 0 Å². The molecule has 1 aliphatic heterocycles. The molecule has 0 saturated carbocycles. The van der Waals surface area contributed by atoms with Gasteiger partial charge in [-0.2, -0.15) is 0 Å². The Hall–Kier alpha value is -0.820. The van der Waals surface area contributed by atoms with E-state index in [1.807, 2.05) is 6.92 Å². The van der Waals surface area contributed by atoms with Crippen LogP contribution in [0.1, 0.15) is 19.4 Å².